The van der Waals surface area contributed by atoms with E-state index in [0.717, 1.165) is 36.9 Å². The van der Waals surface area contributed by atoms with Gasteiger partial charge in [-0.2, -0.15) is 0 Å². The summed E-state index contributed by atoms with van der Waals surface area (Å²) >= 11 is 0. The zero-order chi connectivity index (χ0) is 15.2. The van der Waals surface area contributed by atoms with Gasteiger partial charge in [0.25, 0.3) is 0 Å². The van der Waals surface area contributed by atoms with E-state index in [1.165, 1.54) is 6.07 Å². The van der Waals surface area contributed by atoms with Crippen molar-refractivity contribution in [2.24, 2.45) is 11.7 Å². The quantitative estimate of drug-likeness (QED) is 0.910. The van der Waals surface area contributed by atoms with Crippen molar-refractivity contribution in [1.29, 1.82) is 0 Å². The van der Waals surface area contributed by atoms with Crippen molar-refractivity contribution in [3.05, 3.63) is 29.6 Å². The van der Waals surface area contributed by atoms with Gasteiger partial charge in [-0.3, -0.25) is 4.79 Å². The van der Waals surface area contributed by atoms with Gasteiger partial charge in [0.15, 0.2) is 0 Å². The number of hydrogen-bond acceptors (Lipinski definition) is 2. The summed E-state index contributed by atoms with van der Waals surface area (Å²) in [6.07, 6.45) is 4.13. The molecule has 1 fully saturated rings. The highest BCUT2D eigenvalue weighted by Gasteiger charge is 2.48. The maximum absolute atomic E-state index is 14.4. The number of fused-ring (bicyclic) bond motifs is 2. The van der Waals surface area contributed by atoms with E-state index in [1.807, 2.05) is 19.9 Å². The Morgan fingerprint density at radius 3 is 2.62 bits per heavy atom. The number of carbonyl (C=O) groups excluding carboxylic acids is 1. The first-order chi connectivity index (χ1) is 9.96. The van der Waals surface area contributed by atoms with Gasteiger partial charge in [0, 0.05) is 17.5 Å². The SMILES string of the molecule is CC(C)[C@H](N)C(=O)N1CC2(CCCC2)c2c(F)cccc21. The summed E-state index contributed by atoms with van der Waals surface area (Å²) in [5.41, 5.74) is 7.33. The maximum atomic E-state index is 14.4. The molecule has 0 unspecified atom stereocenters. The van der Waals surface area contributed by atoms with Gasteiger partial charge < -0.3 is 10.6 Å². The van der Waals surface area contributed by atoms with Crippen LogP contribution in [0.3, 0.4) is 0 Å². The average molecular weight is 290 g/mol. The second-order valence-corrected chi connectivity index (χ2v) is 6.82. The fraction of sp³-hybridized carbons (Fsp3) is 0.588. The van der Waals surface area contributed by atoms with Crippen LogP contribution < -0.4 is 10.6 Å². The minimum absolute atomic E-state index is 0.0784. The monoisotopic (exact) mass is 290 g/mol. The van der Waals surface area contributed by atoms with Gasteiger partial charge in [0.05, 0.1) is 11.7 Å². The van der Waals surface area contributed by atoms with E-state index in [1.54, 1.807) is 11.0 Å². The first-order valence-electron chi connectivity index (χ1n) is 7.82. The van der Waals surface area contributed by atoms with Gasteiger partial charge in [-0.15, -0.1) is 0 Å². The molecule has 4 heteroatoms. The Balaban J connectivity index is 2.03. The van der Waals surface area contributed by atoms with Crippen LogP contribution in [0.1, 0.15) is 45.1 Å². The van der Waals surface area contributed by atoms with Crippen LogP contribution >= 0.6 is 0 Å². The van der Waals surface area contributed by atoms with Crippen LogP contribution in [-0.4, -0.2) is 18.5 Å². The van der Waals surface area contributed by atoms with Crippen LogP contribution in [0.2, 0.25) is 0 Å². The molecule has 21 heavy (non-hydrogen) atoms. The summed E-state index contributed by atoms with van der Waals surface area (Å²) in [5.74, 6) is -0.182. The second kappa shape index (κ2) is 5.09. The van der Waals surface area contributed by atoms with Crippen molar-refractivity contribution in [1.82, 2.24) is 0 Å². The van der Waals surface area contributed by atoms with E-state index in [-0.39, 0.29) is 23.1 Å². The van der Waals surface area contributed by atoms with Crippen molar-refractivity contribution in [2.75, 3.05) is 11.4 Å². The molecule has 3 nitrogen and oxygen atoms in total. The third-order valence-electron chi connectivity index (χ3n) is 5.10. The fourth-order valence-corrected chi connectivity index (χ4v) is 3.85. The smallest absolute Gasteiger partial charge is 0.244 e. The Morgan fingerprint density at radius 2 is 2.00 bits per heavy atom. The Bertz CT molecular complexity index is 564. The van der Waals surface area contributed by atoms with Crippen molar-refractivity contribution < 1.29 is 9.18 Å². The minimum atomic E-state index is -0.530. The predicted octanol–water partition coefficient (Wildman–Crippen LogP) is 2.97. The molecular formula is C17H23FN2O. The topological polar surface area (TPSA) is 46.3 Å². The number of carbonyl (C=O) groups is 1. The fourth-order valence-electron chi connectivity index (χ4n) is 3.85. The van der Waals surface area contributed by atoms with Crippen molar-refractivity contribution in [2.45, 2.75) is 51.0 Å². The Labute approximate surface area is 125 Å². The van der Waals surface area contributed by atoms with Crippen LogP contribution in [-0.2, 0) is 10.2 Å². The average Bonchev–Trinajstić information content (AvgIpc) is 3.04. The molecule has 3 rings (SSSR count). The summed E-state index contributed by atoms with van der Waals surface area (Å²) in [7, 11) is 0. The predicted molar refractivity (Wildman–Crippen MR) is 81.7 cm³/mol. The zero-order valence-corrected chi connectivity index (χ0v) is 12.7. The molecule has 2 N–H and O–H groups in total. The summed E-state index contributed by atoms with van der Waals surface area (Å²) in [6.45, 7) is 4.47. The molecule has 1 aliphatic carbocycles. The first kappa shape index (κ1) is 14.5. The van der Waals surface area contributed by atoms with Gasteiger partial charge in [-0.1, -0.05) is 32.8 Å². The lowest BCUT2D eigenvalue weighted by Crippen LogP contribution is -2.47. The largest absolute Gasteiger partial charge is 0.320 e. The summed E-state index contributed by atoms with van der Waals surface area (Å²) < 4.78 is 14.4. The molecule has 0 bridgehead atoms. The standard InChI is InChI=1S/C17H23FN2O/c1-11(2)15(19)16(21)20-10-17(8-3-4-9-17)14-12(18)6-5-7-13(14)20/h5-7,11,15H,3-4,8-10,19H2,1-2H3/t15-/m0/s1. The van der Waals surface area contributed by atoms with E-state index < -0.39 is 6.04 Å². The van der Waals surface area contributed by atoms with Gasteiger partial charge in [-0.05, 0) is 30.9 Å². The summed E-state index contributed by atoms with van der Waals surface area (Å²) in [6, 6.07) is 4.52. The number of nitrogens with two attached hydrogens (primary N) is 1. The van der Waals surface area contributed by atoms with E-state index in [9.17, 15) is 9.18 Å². The van der Waals surface area contributed by atoms with Gasteiger partial charge >= 0.3 is 0 Å². The van der Waals surface area contributed by atoms with Crippen LogP contribution in [0.15, 0.2) is 18.2 Å². The molecule has 0 radical (unpaired) electrons. The lowest BCUT2D eigenvalue weighted by Gasteiger charge is -2.27. The highest BCUT2D eigenvalue weighted by Crippen LogP contribution is 2.51. The summed E-state index contributed by atoms with van der Waals surface area (Å²) in [4.78, 5) is 14.4. The van der Waals surface area contributed by atoms with Crippen molar-refractivity contribution in [3.63, 3.8) is 0 Å². The lowest BCUT2D eigenvalue weighted by atomic mass is 9.80. The summed E-state index contributed by atoms with van der Waals surface area (Å²) in [5, 5.41) is 0. The van der Waals surface area contributed by atoms with Crippen LogP contribution in [0.4, 0.5) is 10.1 Å². The van der Waals surface area contributed by atoms with Gasteiger partial charge in [0.2, 0.25) is 5.91 Å². The molecular weight excluding hydrogens is 267 g/mol. The number of nitrogens with zero attached hydrogens (tertiary/aromatic N) is 1. The van der Waals surface area contributed by atoms with E-state index in [2.05, 4.69) is 0 Å². The van der Waals surface area contributed by atoms with E-state index in [4.69, 9.17) is 5.73 Å². The van der Waals surface area contributed by atoms with Crippen LogP contribution in [0, 0.1) is 11.7 Å². The van der Waals surface area contributed by atoms with Gasteiger partial charge in [0.1, 0.15) is 5.82 Å². The number of halogens is 1. The molecule has 1 aromatic carbocycles. The number of hydrogen-bond donors (Lipinski definition) is 1. The van der Waals surface area contributed by atoms with Crippen LogP contribution in [0.25, 0.3) is 0 Å². The van der Waals surface area contributed by atoms with Crippen molar-refractivity contribution >= 4 is 11.6 Å². The van der Waals surface area contributed by atoms with Gasteiger partial charge in [-0.25, -0.2) is 4.39 Å². The zero-order valence-electron chi connectivity index (χ0n) is 12.7. The number of anilines is 1. The Hall–Kier alpha value is -1.42. The molecule has 114 valence electrons. The molecule has 2 aliphatic rings. The highest BCUT2D eigenvalue weighted by molar-refractivity contribution is 5.99. The first-order valence-corrected chi connectivity index (χ1v) is 7.82. The molecule has 1 saturated carbocycles. The Kier molecular flexibility index (Phi) is 3.52. The maximum Gasteiger partial charge on any atom is 0.244 e. The van der Waals surface area contributed by atoms with Crippen molar-refractivity contribution in [3.8, 4) is 0 Å². The van der Waals surface area contributed by atoms with E-state index in [0.29, 0.717) is 6.54 Å². The molecule has 1 aliphatic heterocycles. The Morgan fingerprint density at radius 1 is 1.33 bits per heavy atom. The number of amides is 1. The second-order valence-electron chi connectivity index (χ2n) is 6.82. The van der Waals surface area contributed by atoms with E-state index >= 15 is 0 Å². The molecule has 1 spiro atoms. The third-order valence-corrected chi connectivity index (χ3v) is 5.10. The molecule has 1 atom stereocenters. The molecule has 0 aromatic heterocycles. The lowest BCUT2D eigenvalue weighted by molar-refractivity contribution is -0.120. The van der Waals surface area contributed by atoms with Crippen LogP contribution in [0.5, 0.6) is 0 Å². The highest BCUT2D eigenvalue weighted by atomic mass is 19.1. The molecule has 1 heterocycles. The number of benzene rings is 1. The number of rotatable bonds is 2. The molecule has 1 amide bonds. The normalized spacial score (nSPS) is 21.1. The third kappa shape index (κ3) is 2.16. The minimum Gasteiger partial charge on any atom is -0.320 e. The molecule has 0 saturated heterocycles. The molecule has 1 aromatic rings.